The first-order chi connectivity index (χ1) is 18.8. The molecule has 0 aliphatic heterocycles. The molecule has 3 heteroatoms. The van der Waals surface area contributed by atoms with E-state index in [0.29, 0.717) is 5.89 Å². The van der Waals surface area contributed by atoms with Crippen LogP contribution in [0.5, 0.6) is 0 Å². The van der Waals surface area contributed by atoms with Gasteiger partial charge in [-0.25, -0.2) is 4.98 Å². The van der Waals surface area contributed by atoms with Crippen LogP contribution in [0.4, 0.5) is 0 Å². The largest absolute Gasteiger partial charge is 0.436 e. The van der Waals surface area contributed by atoms with Gasteiger partial charge in [0.2, 0.25) is 5.89 Å². The number of oxazole rings is 1. The number of para-hydroxylation sites is 3. The predicted molar refractivity (Wildman–Crippen MR) is 157 cm³/mol. The number of aromatic nitrogens is 2. The zero-order valence-electron chi connectivity index (χ0n) is 20.5. The van der Waals surface area contributed by atoms with Crippen LogP contribution in [0.3, 0.4) is 0 Å². The van der Waals surface area contributed by atoms with Gasteiger partial charge in [0.1, 0.15) is 5.52 Å². The van der Waals surface area contributed by atoms with Gasteiger partial charge in [-0.1, -0.05) is 78.9 Å². The van der Waals surface area contributed by atoms with Crippen molar-refractivity contribution in [3.8, 4) is 28.3 Å². The summed E-state index contributed by atoms with van der Waals surface area (Å²) < 4.78 is 8.47. The minimum atomic E-state index is 0.638. The molecule has 0 aliphatic carbocycles. The van der Waals surface area contributed by atoms with Crippen LogP contribution in [0, 0.1) is 0 Å². The van der Waals surface area contributed by atoms with Gasteiger partial charge in [0, 0.05) is 22.0 Å². The van der Waals surface area contributed by atoms with Gasteiger partial charge in [-0.15, -0.1) is 0 Å². The van der Waals surface area contributed by atoms with Crippen LogP contribution >= 0.6 is 0 Å². The third-order valence-corrected chi connectivity index (χ3v) is 7.42. The molecular formula is C35H22N2O. The van der Waals surface area contributed by atoms with Crippen LogP contribution in [0.25, 0.3) is 71.9 Å². The number of hydrogen-bond donors (Lipinski definition) is 0. The summed E-state index contributed by atoms with van der Waals surface area (Å²) in [5.74, 6) is 0.638. The highest BCUT2D eigenvalue weighted by Crippen LogP contribution is 2.38. The first kappa shape index (κ1) is 21.0. The zero-order chi connectivity index (χ0) is 25.1. The van der Waals surface area contributed by atoms with Gasteiger partial charge in [0.15, 0.2) is 5.58 Å². The number of hydrogen-bond acceptors (Lipinski definition) is 2. The fourth-order valence-corrected chi connectivity index (χ4v) is 5.65. The third kappa shape index (κ3) is 3.19. The minimum Gasteiger partial charge on any atom is -0.436 e. The quantitative estimate of drug-likeness (QED) is 0.249. The molecule has 0 amide bonds. The highest BCUT2D eigenvalue weighted by Gasteiger charge is 2.16. The van der Waals surface area contributed by atoms with Gasteiger partial charge in [-0.2, -0.15) is 0 Å². The van der Waals surface area contributed by atoms with Crippen LogP contribution in [-0.2, 0) is 0 Å². The molecule has 0 spiro atoms. The van der Waals surface area contributed by atoms with E-state index < -0.39 is 0 Å². The molecule has 3 nitrogen and oxygen atoms in total. The van der Waals surface area contributed by atoms with E-state index in [4.69, 9.17) is 9.40 Å². The number of benzene rings is 6. The topological polar surface area (TPSA) is 31.0 Å². The van der Waals surface area contributed by atoms with Crippen molar-refractivity contribution in [2.24, 2.45) is 0 Å². The first-order valence-electron chi connectivity index (χ1n) is 12.8. The van der Waals surface area contributed by atoms with E-state index in [0.717, 1.165) is 27.9 Å². The van der Waals surface area contributed by atoms with Gasteiger partial charge in [-0.3, -0.25) is 0 Å². The Bertz CT molecular complexity index is 2090. The summed E-state index contributed by atoms with van der Waals surface area (Å²) in [6.07, 6.45) is 0. The summed E-state index contributed by atoms with van der Waals surface area (Å²) in [5.41, 5.74) is 8.54. The van der Waals surface area contributed by atoms with Gasteiger partial charge in [-0.05, 0) is 76.5 Å². The predicted octanol–water partition coefficient (Wildman–Crippen LogP) is 9.41. The minimum absolute atomic E-state index is 0.638. The number of rotatable bonds is 3. The summed E-state index contributed by atoms with van der Waals surface area (Å²) in [7, 11) is 0. The summed E-state index contributed by atoms with van der Waals surface area (Å²) in [4.78, 5) is 4.76. The van der Waals surface area contributed by atoms with Gasteiger partial charge in [0.05, 0.1) is 11.0 Å². The Morgan fingerprint density at radius 2 is 1.21 bits per heavy atom. The molecule has 8 aromatic rings. The smallest absolute Gasteiger partial charge is 0.227 e. The Labute approximate surface area is 219 Å². The van der Waals surface area contributed by atoms with Crippen LogP contribution < -0.4 is 0 Å². The molecular weight excluding hydrogens is 464 g/mol. The van der Waals surface area contributed by atoms with Crippen molar-refractivity contribution < 1.29 is 4.42 Å². The summed E-state index contributed by atoms with van der Waals surface area (Å²) in [6.45, 7) is 0. The zero-order valence-corrected chi connectivity index (χ0v) is 20.5. The van der Waals surface area contributed by atoms with Gasteiger partial charge >= 0.3 is 0 Å². The lowest BCUT2D eigenvalue weighted by atomic mass is 9.97. The molecule has 8 rings (SSSR count). The average Bonchev–Trinajstić information content (AvgIpc) is 3.56. The third-order valence-electron chi connectivity index (χ3n) is 7.42. The Hall–Kier alpha value is -5.15. The van der Waals surface area contributed by atoms with E-state index in [2.05, 4.69) is 114 Å². The second-order valence-electron chi connectivity index (χ2n) is 9.65. The van der Waals surface area contributed by atoms with E-state index in [1.54, 1.807) is 0 Å². The lowest BCUT2D eigenvalue weighted by Crippen LogP contribution is -1.93. The van der Waals surface area contributed by atoms with E-state index in [1.807, 2.05) is 24.3 Å². The fraction of sp³-hybridized carbons (Fsp3) is 0. The van der Waals surface area contributed by atoms with Crippen molar-refractivity contribution in [1.82, 2.24) is 9.55 Å². The van der Waals surface area contributed by atoms with Crippen molar-refractivity contribution >= 4 is 43.7 Å². The molecule has 0 atom stereocenters. The van der Waals surface area contributed by atoms with Crippen molar-refractivity contribution in [2.45, 2.75) is 0 Å². The maximum atomic E-state index is 6.13. The normalized spacial score (nSPS) is 11.7. The highest BCUT2D eigenvalue weighted by atomic mass is 16.3. The van der Waals surface area contributed by atoms with E-state index in [9.17, 15) is 0 Å². The van der Waals surface area contributed by atoms with Crippen LogP contribution in [0.2, 0.25) is 0 Å². The summed E-state index contributed by atoms with van der Waals surface area (Å²) in [6, 6.07) is 46.9. The van der Waals surface area contributed by atoms with Crippen molar-refractivity contribution in [3.63, 3.8) is 0 Å². The SMILES string of the molecule is c1ccc(-n2c3ccc(-c4nc5ccccc5o4)cc3c3cc(-c4cccc5ccccc45)ccc32)cc1. The molecule has 2 aromatic heterocycles. The second-order valence-corrected chi connectivity index (χ2v) is 9.65. The molecule has 0 saturated heterocycles. The Kier molecular flexibility index (Phi) is 4.52. The molecule has 0 aliphatic rings. The molecule has 0 fully saturated rings. The number of fused-ring (bicyclic) bond motifs is 5. The van der Waals surface area contributed by atoms with Crippen LogP contribution in [0.15, 0.2) is 138 Å². The Morgan fingerprint density at radius 3 is 2.05 bits per heavy atom. The van der Waals surface area contributed by atoms with Crippen molar-refractivity contribution in [1.29, 1.82) is 0 Å². The van der Waals surface area contributed by atoms with E-state index >= 15 is 0 Å². The van der Waals surface area contributed by atoms with Gasteiger partial charge < -0.3 is 8.98 Å². The van der Waals surface area contributed by atoms with E-state index in [1.165, 1.54) is 38.2 Å². The fourth-order valence-electron chi connectivity index (χ4n) is 5.65. The standard InChI is InChI=1S/C35H22N2O/c1-2-11-26(12-3-1)37-32-19-17-24(28-14-8-10-23-9-4-5-13-27(23)28)21-29(32)30-22-25(18-20-33(30)37)35-36-31-15-6-7-16-34(31)38-35/h1-22H. The lowest BCUT2D eigenvalue weighted by Gasteiger charge is -2.09. The molecule has 178 valence electrons. The Balaban J connectivity index is 1.41. The molecule has 0 radical (unpaired) electrons. The summed E-state index contributed by atoms with van der Waals surface area (Å²) in [5, 5.41) is 4.88. The Morgan fingerprint density at radius 1 is 0.526 bits per heavy atom. The lowest BCUT2D eigenvalue weighted by molar-refractivity contribution is 0.620. The molecule has 6 aromatic carbocycles. The maximum absolute atomic E-state index is 6.13. The molecule has 0 saturated carbocycles. The van der Waals surface area contributed by atoms with Crippen LogP contribution in [0.1, 0.15) is 0 Å². The molecule has 0 N–H and O–H groups in total. The maximum Gasteiger partial charge on any atom is 0.227 e. The average molecular weight is 487 g/mol. The number of nitrogens with zero attached hydrogens (tertiary/aromatic N) is 2. The second kappa shape index (κ2) is 8.19. The molecule has 0 bridgehead atoms. The first-order valence-corrected chi connectivity index (χ1v) is 12.8. The summed E-state index contributed by atoms with van der Waals surface area (Å²) >= 11 is 0. The van der Waals surface area contributed by atoms with Crippen molar-refractivity contribution in [2.75, 3.05) is 0 Å². The molecule has 38 heavy (non-hydrogen) atoms. The monoisotopic (exact) mass is 486 g/mol. The van der Waals surface area contributed by atoms with Crippen molar-refractivity contribution in [3.05, 3.63) is 133 Å². The molecule has 2 heterocycles. The highest BCUT2D eigenvalue weighted by molar-refractivity contribution is 6.12. The molecule has 0 unspecified atom stereocenters. The van der Waals surface area contributed by atoms with E-state index in [-0.39, 0.29) is 0 Å². The van der Waals surface area contributed by atoms with Crippen LogP contribution in [-0.4, -0.2) is 9.55 Å². The van der Waals surface area contributed by atoms with Gasteiger partial charge in [0.25, 0.3) is 0 Å².